The number of hydrogen-bond donors (Lipinski definition) is 2. The van der Waals surface area contributed by atoms with Crippen LogP contribution in [0.1, 0.15) is 30.9 Å². The van der Waals surface area contributed by atoms with Crippen molar-refractivity contribution in [3.63, 3.8) is 0 Å². The Morgan fingerprint density at radius 1 is 1.07 bits per heavy atom. The minimum atomic E-state index is 0.00960. The molecule has 30 heavy (non-hydrogen) atoms. The first-order valence-corrected chi connectivity index (χ1v) is 11.4. The van der Waals surface area contributed by atoms with Gasteiger partial charge < -0.3 is 9.99 Å². The molecule has 4 rings (SSSR count). The van der Waals surface area contributed by atoms with Gasteiger partial charge >= 0.3 is 0 Å². The summed E-state index contributed by atoms with van der Waals surface area (Å²) in [7, 11) is 0. The van der Waals surface area contributed by atoms with Crippen LogP contribution in [0.4, 0.5) is 5.69 Å². The second-order valence-electron chi connectivity index (χ2n) is 7.86. The fraction of sp³-hybridized carbons (Fsp3) is 0.348. The van der Waals surface area contributed by atoms with Crippen molar-refractivity contribution in [3.05, 3.63) is 82.9 Å². The molecule has 0 saturated heterocycles. The molecule has 4 nitrogen and oxygen atoms in total. The van der Waals surface area contributed by atoms with Crippen LogP contribution in [0.2, 0.25) is 10.0 Å². The molecule has 0 amide bonds. The molecule has 1 aliphatic carbocycles. The highest BCUT2D eigenvalue weighted by Crippen LogP contribution is 2.37. The largest absolute Gasteiger partial charge is 0.334 e. The Balaban J connectivity index is 1.51. The predicted octanol–water partition coefficient (Wildman–Crippen LogP) is 6.37. The first-order chi connectivity index (χ1) is 14.6. The van der Waals surface area contributed by atoms with Crippen molar-refractivity contribution in [2.75, 3.05) is 5.43 Å². The zero-order valence-electron chi connectivity index (χ0n) is 16.5. The Kier molecular flexibility index (Phi) is 7.21. The van der Waals surface area contributed by atoms with Gasteiger partial charge in [-0.1, -0.05) is 53.5 Å². The number of hydrazine groups is 1. The van der Waals surface area contributed by atoms with Gasteiger partial charge in [0.2, 0.25) is 0 Å². The highest BCUT2D eigenvalue weighted by Gasteiger charge is 2.34. The van der Waals surface area contributed by atoms with Crippen LogP contribution in [0.25, 0.3) is 0 Å². The van der Waals surface area contributed by atoms with Gasteiger partial charge in [-0.15, -0.1) is 11.6 Å². The molecule has 1 heterocycles. The van der Waals surface area contributed by atoms with Crippen molar-refractivity contribution in [2.45, 2.75) is 43.1 Å². The molecule has 3 aromatic rings. The summed E-state index contributed by atoms with van der Waals surface area (Å²) < 4.78 is 2.23. The maximum Gasteiger partial charge on any atom is 0.0948 e. The normalized spacial score (nSPS) is 24.4. The SMILES string of the molecule is Clc1ccc(NNC2CC(n3ccnc3)C(Cc3ccccc3)CCC2Cl)c(Cl)c1. The van der Waals surface area contributed by atoms with E-state index in [9.17, 15) is 0 Å². The number of nitrogens with one attached hydrogen (secondary N) is 2. The molecule has 7 heteroatoms. The zero-order chi connectivity index (χ0) is 20.9. The van der Waals surface area contributed by atoms with Crippen LogP contribution < -0.4 is 10.9 Å². The van der Waals surface area contributed by atoms with Gasteiger partial charge in [-0.2, -0.15) is 0 Å². The highest BCUT2D eigenvalue weighted by atomic mass is 35.5. The van der Waals surface area contributed by atoms with E-state index >= 15 is 0 Å². The van der Waals surface area contributed by atoms with Gasteiger partial charge in [-0.3, -0.25) is 0 Å². The van der Waals surface area contributed by atoms with Crippen LogP contribution in [-0.4, -0.2) is 21.0 Å². The van der Waals surface area contributed by atoms with Gasteiger partial charge in [0.05, 0.1) is 22.4 Å². The molecule has 1 saturated carbocycles. The van der Waals surface area contributed by atoms with Crippen LogP contribution in [0.5, 0.6) is 0 Å². The molecule has 0 radical (unpaired) electrons. The standard InChI is InChI=1S/C23H25Cl3N4/c24-18-7-9-21(20(26)13-18)28-29-22-14-23(30-11-10-27-15-30)17(6-8-19(22)25)12-16-4-2-1-3-5-16/h1-5,7,9-11,13,15,17,19,22-23,28-29H,6,8,12,14H2. The van der Waals surface area contributed by atoms with E-state index in [4.69, 9.17) is 34.8 Å². The van der Waals surface area contributed by atoms with Gasteiger partial charge in [0.15, 0.2) is 0 Å². The van der Waals surface area contributed by atoms with Crippen molar-refractivity contribution < 1.29 is 0 Å². The van der Waals surface area contributed by atoms with E-state index < -0.39 is 0 Å². The fourth-order valence-corrected chi connectivity index (χ4v) is 5.01. The first-order valence-electron chi connectivity index (χ1n) is 10.2. The number of benzene rings is 2. The van der Waals surface area contributed by atoms with Crippen molar-refractivity contribution in [1.29, 1.82) is 0 Å². The predicted molar refractivity (Wildman–Crippen MR) is 125 cm³/mol. The lowest BCUT2D eigenvalue weighted by Gasteiger charge is -2.29. The van der Waals surface area contributed by atoms with E-state index in [0.717, 1.165) is 31.4 Å². The van der Waals surface area contributed by atoms with Crippen molar-refractivity contribution >= 4 is 40.5 Å². The summed E-state index contributed by atoms with van der Waals surface area (Å²) in [5.41, 5.74) is 8.81. The lowest BCUT2D eigenvalue weighted by atomic mass is 9.88. The molecular weight excluding hydrogens is 439 g/mol. The maximum atomic E-state index is 6.83. The summed E-state index contributed by atoms with van der Waals surface area (Å²) in [4.78, 5) is 4.29. The average Bonchev–Trinajstić information content (AvgIpc) is 3.23. The Bertz CT molecular complexity index is 933. The number of halogens is 3. The number of aromatic nitrogens is 2. The molecule has 1 aromatic heterocycles. The highest BCUT2D eigenvalue weighted by molar-refractivity contribution is 6.36. The van der Waals surface area contributed by atoms with Crippen LogP contribution in [0.3, 0.4) is 0 Å². The zero-order valence-corrected chi connectivity index (χ0v) is 18.8. The Hall–Kier alpha value is -1.72. The van der Waals surface area contributed by atoms with Crippen molar-refractivity contribution in [1.82, 2.24) is 15.0 Å². The first kappa shape index (κ1) is 21.5. The summed E-state index contributed by atoms with van der Waals surface area (Å²) in [5.74, 6) is 0.480. The van der Waals surface area contributed by atoms with Crippen molar-refractivity contribution in [2.24, 2.45) is 5.92 Å². The number of hydrogen-bond acceptors (Lipinski definition) is 3. The van der Waals surface area contributed by atoms with E-state index in [1.807, 2.05) is 24.7 Å². The fourth-order valence-electron chi connectivity index (χ4n) is 4.26. The lowest BCUT2D eigenvalue weighted by Crippen LogP contribution is -2.41. The molecule has 1 fully saturated rings. The molecular formula is C23H25Cl3N4. The molecule has 1 aliphatic rings. The van der Waals surface area contributed by atoms with Crippen LogP contribution >= 0.6 is 34.8 Å². The number of alkyl halides is 1. The van der Waals surface area contributed by atoms with E-state index in [-0.39, 0.29) is 11.4 Å². The third kappa shape index (κ3) is 5.30. The lowest BCUT2D eigenvalue weighted by molar-refractivity contribution is 0.294. The smallest absolute Gasteiger partial charge is 0.0948 e. The third-order valence-corrected chi connectivity index (χ3v) is 6.93. The summed E-state index contributed by atoms with van der Waals surface area (Å²) in [5, 5.41) is 1.19. The van der Waals surface area contributed by atoms with Gasteiger partial charge in [0.25, 0.3) is 0 Å². The summed E-state index contributed by atoms with van der Waals surface area (Å²) in [6.45, 7) is 0. The number of nitrogens with zero attached hydrogens (tertiary/aromatic N) is 2. The molecule has 4 unspecified atom stereocenters. The van der Waals surface area contributed by atoms with E-state index in [2.05, 4.69) is 56.9 Å². The van der Waals surface area contributed by atoms with Crippen LogP contribution in [-0.2, 0) is 6.42 Å². The molecule has 0 spiro atoms. The van der Waals surface area contributed by atoms with Gasteiger partial charge in [0, 0.05) is 29.5 Å². The topological polar surface area (TPSA) is 41.9 Å². The molecule has 4 atom stereocenters. The minimum Gasteiger partial charge on any atom is -0.334 e. The van der Waals surface area contributed by atoms with Gasteiger partial charge in [-0.05, 0) is 55.4 Å². The van der Waals surface area contributed by atoms with E-state index in [1.165, 1.54) is 5.56 Å². The summed E-state index contributed by atoms with van der Waals surface area (Å²) in [6.07, 6.45) is 9.73. The average molecular weight is 464 g/mol. The van der Waals surface area contributed by atoms with E-state index in [1.54, 1.807) is 6.07 Å². The van der Waals surface area contributed by atoms with Gasteiger partial charge in [0.1, 0.15) is 0 Å². The van der Waals surface area contributed by atoms with Gasteiger partial charge in [-0.25, -0.2) is 10.4 Å². The Morgan fingerprint density at radius 2 is 1.90 bits per heavy atom. The summed E-state index contributed by atoms with van der Waals surface area (Å²) in [6, 6.07) is 16.5. The minimum absolute atomic E-state index is 0.00960. The Labute approximate surface area is 192 Å². The quantitative estimate of drug-likeness (QED) is 0.254. The Morgan fingerprint density at radius 3 is 2.63 bits per heavy atom. The molecule has 0 aliphatic heterocycles. The van der Waals surface area contributed by atoms with E-state index in [0.29, 0.717) is 22.0 Å². The summed E-state index contributed by atoms with van der Waals surface area (Å²) >= 11 is 19.1. The molecule has 2 N–H and O–H groups in total. The molecule has 2 aromatic carbocycles. The number of rotatable bonds is 6. The molecule has 0 bridgehead atoms. The second-order valence-corrected chi connectivity index (χ2v) is 9.26. The molecule has 158 valence electrons. The third-order valence-electron chi connectivity index (χ3n) is 5.86. The van der Waals surface area contributed by atoms with Crippen LogP contribution in [0, 0.1) is 5.92 Å². The maximum absolute atomic E-state index is 6.83. The number of imidazole rings is 1. The monoisotopic (exact) mass is 462 g/mol. The number of anilines is 1. The van der Waals surface area contributed by atoms with Crippen molar-refractivity contribution in [3.8, 4) is 0 Å². The second kappa shape index (κ2) is 10.1. The van der Waals surface area contributed by atoms with Crippen LogP contribution in [0.15, 0.2) is 67.3 Å².